The van der Waals surface area contributed by atoms with Crippen molar-refractivity contribution < 1.29 is 0 Å². The van der Waals surface area contributed by atoms with Crippen molar-refractivity contribution in [2.24, 2.45) is 15.9 Å². The van der Waals surface area contributed by atoms with E-state index in [1.165, 1.54) is 0 Å². The molecule has 0 spiro atoms. The molecule has 1 aliphatic carbocycles. The van der Waals surface area contributed by atoms with Crippen molar-refractivity contribution in [3.05, 3.63) is 24.3 Å². The summed E-state index contributed by atoms with van der Waals surface area (Å²) in [7, 11) is 0. The highest BCUT2D eigenvalue weighted by Gasteiger charge is 2.15. The van der Waals surface area contributed by atoms with E-state index in [9.17, 15) is 0 Å². The van der Waals surface area contributed by atoms with Gasteiger partial charge in [0.05, 0.1) is 0 Å². The van der Waals surface area contributed by atoms with Crippen molar-refractivity contribution in [1.82, 2.24) is 5.32 Å². The first-order valence-electron chi connectivity index (χ1n) is 5.10. The smallest absolute Gasteiger partial charge is 0.198 e. The zero-order chi connectivity index (χ0) is 10.7. The first kappa shape index (κ1) is 10.4. The summed E-state index contributed by atoms with van der Waals surface area (Å²) in [5, 5.41) is 2.94. The Morgan fingerprint density at radius 2 is 2.40 bits per heavy atom. The Bertz CT molecular complexity index is 355. The first-order valence-corrected chi connectivity index (χ1v) is 5.53. The molecule has 1 heterocycles. The van der Waals surface area contributed by atoms with Gasteiger partial charge in [-0.25, -0.2) is 9.98 Å². The third-order valence-corrected chi connectivity index (χ3v) is 2.61. The van der Waals surface area contributed by atoms with Crippen LogP contribution in [-0.2, 0) is 0 Å². The molecule has 0 fully saturated rings. The Morgan fingerprint density at radius 3 is 3.07 bits per heavy atom. The Kier molecular flexibility index (Phi) is 3.21. The summed E-state index contributed by atoms with van der Waals surface area (Å²) in [5.41, 5.74) is -0.361. The van der Waals surface area contributed by atoms with Crippen LogP contribution in [0.25, 0.3) is 0 Å². The summed E-state index contributed by atoms with van der Waals surface area (Å²) in [6, 6.07) is 0. The van der Waals surface area contributed by atoms with Crippen LogP contribution in [0.2, 0.25) is 0 Å². The molecule has 0 radical (unpaired) electrons. The van der Waals surface area contributed by atoms with Gasteiger partial charge in [-0.1, -0.05) is 35.9 Å². The van der Waals surface area contributed by atoms with Crippen LogP contribution in [0.1, 0.15) is 19.8 Å². The quantitative estimate of drug-likeness (QED) is 0.567. The summed E-state index contributed by atoms with van der Waals surface area (Å²) in [5.74, 6) is 2.19. The minimum absolute atomic E-state index is 0.361. The molecule has 2 atom stereocenters. The van der Waals surface area contributed by atoms with Crippen molar-refractivity contribution in [3.63, 3.8) is 0 Å². The second-order valence-electron chi connectivity index (χ2n) is 3.74. The highest BCUT2D eigenvalue weighted by atomic mass is 35.5. The molecule has 2 unspecified atom stereocenters. The predicted octanol–water partition coefficient (Wildman–Crippen LogP) is 2.45. The number of aliphatic imine (C=N–C) groups is 2. The molecule has 0 bridgehead atoms. The molecule has 2 rings (SSSR count). The number of nitrogens with one attached hydrogen (secondary N) is 1. The molecule has 0 amide bonds. The molecular formula is C11H14ClN3. The predicted molar refractivity (Wildman–Crippen MR) is 64.3 cm³/mol. The van der Waals surface area contributed by atoms with Gasteiger partial charge in [-0.15, -0.1) is 0 Å². The van der Waals surface area contributed by atoms with Crippen molar-refractivity contribution in [3.8, 4) is 0 Å². The summed E-state index contributed by atoms with van der Waals surface area (Å²) in [4.78, 5) is 8.59. The molecule has 2 aliphatic rings. The SMILES string of the molecule is CC1=NC(CC2C=CC=CC2)=NC(Cl)N1. The number of amidine groups is 2. The third-order valence-electron chi connectivity index (χ3n) is 2.40. The van der Waals surface area contributed by atoms with Gasteiger partial charge < -0.3 is 5.32 Å². The van der Waals surface area contributed by atoms with E-state index in [0.29, 0.717) is 5.92 Å². The Morgan fingerprint density at radius 1 is 1.53 bits per heavy atom. The fourth-order valence-corrected chi connectivity index (χ4v) is 1.98. The lowest BCUT2D eigenvalue weighted by atomic mass is 9.97. The van der Waals surface area contributed by atoms with E-state index >= 15 is 0 Å². The Labute approximate surface area is 94.6 Å². The van der Waals surface area contributed by atoms with E-state index in [0.717, 1.165) is 24.5 Å². The van der Waals surface area contributed by atoms with Crippen molar-refractivity contribution in [2.75, 3.05) is 0 Å². The topological polar surface area (TPSA) is 36.8 Å². The molecule has 4 heteroatoms. The van der Waals surface area contributed by atoms with Crippen LogP contribution < -0.4 is 5.32 Å². The van der Waals surface area contributed by atoms with Crippen molar-refractivity contribution in [1.29, 1.82) is 0 Å². The zero-order valence-electron chi connectivity index (χ0n) is 8.65. The van der Waals surface area contributed by atoms with E-state index in [4.69, 9.17) is 11.6 Å². The highest BCUT2D eigenvalue weighted by molar-refractivity contribution is 6.22. The van der Waals surface area contributed by atoms with E-state index in [1.807, 2.05) is 6.92 Å². The molecule has 0 aromatic carbocycles. The molecule has 1 N–H and O–H groups in total. The largest absolute Gasteiger partial charge is 0.340 e. The van der Waals surface area contributed by atoms with Gasteiger partial charge in [0.25, 0.3) is 0 Å². The second-order valence-corrected chi connectivity index (χ2v) is 4.15. The van der Waals surface area contributed by atoms with Crippen molar-refractivity contribution >= 4 is 23.3 Å². The number of halogens is 1. The standard InChI is InChI=1S/C11H14ClN3/c1-8-13-10(15-11(12)14-8)7-9-5-3-2-4-6-9/h2-5,9,11H,6-7H2,1H3,(H,13,14,15). The average molecular weight is 224 g/mol. The third kappa shape index (κ3) is 2.93. The second kappa shape index (κ2) is 4.62. The number of allylic oxidation sites excluding steroid dienone is 4. The number of alkyl halides is 1. The van der Waals surface area contributed by atoms with Crippen molar-refractivity contribution in [2.45, 2.75) is 25.4 Å². The lowest BCUT2D eigenvalue weighted by Crippen LogP contribution is -2.33. The summed E-state index contributed by atoms with van der Waals surface area (Å²) >= 11 is 5.91. The van der Waals surface area contributed by atoms with Gasteiger partial charge >= 0.3 is 0 Å². The number of nitrogens with zero attached hydrogens (tertiary/aromatic N) is 2. The summed E-state index contributed by atoms with van der Waals surface area (Å²) in [6.07, 6.45) is 10.4. The maximum atomic E-state index is 5.91. The van der Waals surface area contributed by atoms with E-state index < -0.39 is 0 Å². The van der Waals surface area contributed by atoms with E-state index in [2.05, 4.69) is 39.6 Å². The van der Waals surface area contributed by atoms with Gasteiger partial charge in [0.1, 0.15) is 11.7 Å². The minimum Gasteiger partial charge on any atom is -0.340 e. The van der Waals surface area contributed by atoms with E-state index in [1.54, 1.807) is 0 Å². The molecule has 15 heavy (non-hydrogen) atoms. The maximum Gasteiger partial charge on any atom is 0.198 e. The Balaban J connectivity index is 1.99. The molecule has 0 aromatic rings. The monoisotopic (exact) mass is 223 g/mol. The molecular weight excluding hydrogens is 210 g/mol. The average Bonchev–Trinajstić information content (AvgIpc) is 2.17. The number of rotatable bonds is 2. The molecule has 3 nitrogen and oxygen atoms in total. The first-order chi connectivity index (χ1) is 7.24. The summed E-state index contributed by atoms with van der Waals surface area (Å²) < 4.78 is 0. The van der Waals surface area contributed by atoms with Crippen LogP contribution in [-0.4, -0.2) is 17.3 Å². The molecule has 1 aliphatic heterocycles. The van der Waals surface area contributed by atoms with Crippen LogP contribution >= 0.6 is 11.6 Å². The molecule has 0 saturated heterocycles. The number of hydrogen-bond donors (Lipinski definition) is 1. The minimum atomic E-state index is -0.361. The fraction of sp³-hybridized carbons (Fsp3) is 0.455. The van der Waals surface area contributed by atoms with Crippen LogP contribution in [0.3, 0.4) is 0 Å². The highest BCUT2D eigenvalue weighted by Crippen LogP contribution is 2.18. The van der Waals surface area contributed by atoms with Gasteiger partial charge in [-0.2, -0.15) is 0 Å². The van der Waals surface area contributed by atoms with Crippen LogP contribution in [0, 0.1) is 5.92 Å². The van der Waals surface area contributed by atoms with E-state index in [-0.39, 0.29) is 5.62 Å². The van der Waals surface area contributed by atoms with Gasteiger partial charge in [-0.3, -0.25) is 0 Å². The van der Waals surface area contributed by atoms with Gasteiger partial charge in [0, 0.05) is 6.42 Å². The lowest BCUT2D eigenvalue weighted by Gasteiger charge is -2.18. The fourth-order valence-electron chi connectivity index (χ4n) is 1.71. The number of hydrogen-bond acceptors (Lipinski definition) is 3. The van der Waals surface area contributed by atoms with Crippen LogP contribution in [0.4, 0.5) is 0 Å². The van der Waals surface area contributed by atoms with Gasteiger partial charge in [-0.05, 0) is 19.3 Å². The van der Waals surface area contributed by atoms with Gasteiger partial charge in [0.2, 0.25) is 0 Å². The zero-order valence-corrected chi connectivity index (χ0v) is 9.41. The lowest BCUT2D eigenvalue weighted by molar-refractivity contribution is 0.676. The summed E-state index contributed by atoms with van der Waals surface area (Å²) in [6.45, 7) is 1.90. The van der Waals surface area contributed by atoms with Crippen LogP contribution in [0.5, 0.6) is 0 Å². The maximum absolute atomic E-state index is 5.91. The Hall–Kier alpha value is -1.09. The normalized spacial score (nSPS) is 29.5. The van der Waals surface area contributed by atoms with Crippen LogP contribution in [0.15, 0.2) is 34.3 Å². The molecule has 0 aromatic heterocycles. The molecule has 80 valence electrons. The molecule has 0 saturated carbocycles. The van der Waals surface area contributed by atoms with Gasteiger partial charge in [0.15, 0.2) is 5.62 Å².